The summed E-state index contributed by atoms with van der Waals surface area (Å²) in [5.41, 5.74) is 0. The maximum Gasteiger partial charge on any atom is 0.305 e. The van der Waals surface area contributed by atoms with Crippen molar-refractivity contribution in [2.24, 2.45) is 0 Å². The van der Waals surface area contributed by atoms with Crippen LogP contribution in [0.3, 0.4) is 0 Å². The van der Waals surface area contributed by atoms with Crippen molar-refractivity contribution in [2.45, 2.75) is 84.3 Å². The largest absolute Gasteiger partial charge is 0.481 e. The van der Waals surface area contributed by atoms with Crippen LogP contribution in [-0.4, -0.2) is 56.4 Å². The summed E-state index contributed by atoms with van der Waals surface area (Å²) in [7, 11) is 0. The molecular formula is C20H38O7. The quantitative estimate of drug-likeness (QED) is 0.191. The maximum absolute atomic E-state index is 11.5. The first-order valence-corrected chi connectivity index (χ1v) is 10.3. The van der Waals surface area contributed by atoms with Crippen LogP contribution in [-0.2, 0) is 28.5 Å². The normalized spacial score (nSPS) is 11.1. The van der Waals surface area contributed by atoms with Crippen molar-refractivity contribution in [3.05, 3.63) is 0 Å². The molecule has 0 rings (SSSR count). The topological polar surface area (TPSA) is 91.3 Å². The number of hydrogen-bond donors (Lipinski definition) is 1. The van der Waals surface area contributed by atoms with E-state index in [1.807, 2.05) is 0 Å². The van der Waals surface area contributed by atoms with Crippen LogP contribution in [0.2, 0.25) is 0 Å². The first-order valence-electron chi connectivity index (χ1n) is 10.3. The molecule has 0 heterocycles. The van der Waals surface area contributed by atoms with E-state index in [-0.39, 0.29) is 25.1 Å². The summed E-state index contributed by atoms with van der Waals surface area (Å²) in [5.74, 6) is -1.12. The molecule has 0 spiro atoms. The Morgan fingerprint density at radius 1 is 0.778 bits per heavy atom. The Morgan fingerprint density at radius 3 is 2.00 bits per heavy atom. The van der Waals surface area contributed by atoms with E-state index >= 15 is 0 Å². The third kappa shape index (κ3) is 19.4. The number of unbranched alkanes of at least 4 members (excludes halogenated alkanes) is 3. The highest BCUT2D eigenvalue weighted by atomic mass is 16.7. The molecule has 7 heteroatoms. The summed E-state index contributed by atoms with van der Waals surface area (Å²) in [5, 5.41) is 8.52. The van der Waals surface area contributed by atoms with Gasteiger partial charge in [-0.3, -0.25) is 9.59 Å². The third-order valence-electron chi connectivity index (χ3n) is 3.82. The molecule has 0 aromatic carbocycles. The number of carbonyl (C=O) groups is 2. The molecule has 0 unspecified atom stereocenters. The van der Waals surface area contributed by atoms with E-state index in [1.165, 1.54) is 0 Å². The van der Waals surface area contributed by atoms with Gasteiger partial charge in [0.15, 0.2) is 6.29 Å². The monoisotopic (exact) mass is 390 g/mol. The summed E-state index contributed by atoms with van der Waals surface area (Å²) in [6.07, 6.45) is 6.74. The van der Waals surface area contributed by atoms with E-state index in [2.05, 4.69) is 13.8 Å². The fraction of sp³-hybridized carbons (Fsp3) is 0.900. The van der Waals surface area contributed by atoms with Gasteiger partial charge in [-0.2, -0.15) is 0 Å². The Bertz CT molecular complexity index is 350. The fourth-order valence-electron chi connectivity index (χ4n) is 2.18. The molecule has 0 aromatic heterocycles. The van der Waals surface area contributed by atoms with Crippen molar-refractivity contribution in [3.8, 4) is 0 Å². The summed E-state index contributed by atoms with van der Waals surface area (Å²) in [6, 6.07) is 0. The van der Waals surface area contributed by atoms with Gasteiger partial charge in [-0.1, -0.05) is 26.7 Å². The number of ether oxygens (including phenoxy) is 4. The van der Waals surface area contributed by atoms with Crippen LogP contribution >= 0.6 is 0 Å². The highest BCUT2D eigenvalue weighted by Crippen LogP contribution is 2.06. The molecule has 0 aliphatic rings. The summed E-state index contributed by atoms with van der Waals surface area (Å²) < 4.78 is 22.1. The van der Waals surface area contributed by atoms with Gasteiger partial charge < -0.3 is 24.1 Å². The van der Waals surface area contributed by atoms with E-state index in [0.29, 0.717) is 58.7 Å². The van der Waals surface area contributed by atoms with E-state index in [9.17, 15) is 9.59 Å². The molecule has 1 N–H and O–H groups in total. The van der Waals surface area contributed by atoms with E-state index in [1.54, 1.807) is 0 Å². The number of carboxylic acid groups (broad SMARTS) is 1. The summed E-state index contributed by atoms with van der Waals surface area (Å²) in [4.78, 5) is 21.8. The van der Waals surface area contributed by atoms with Gasteiger partial charge in [-0.05, 0) is 25.7 Å². The Labute approximate surface area is 163 Å². The van der Waals surface area contributed by atoms with Crippen LogP contribution in [0.15, 0.2) is 0 Å². The Kier molecular flexibility index (Phi) is 18.7. The lowest BCUT2D eigenvalue weighted by atomic mass is 10.2. The van der Waals surface area contributed by atoms with Gasteiger partial charge in [-0.25, -0.2) is 0 Å². The number of esters is 1. The highest BCUT2D eigenvalue weighted by Gasteiger charge is 2.09. The minimum atomic E-state index is -0.839. The fourth-order valence-corrected chi connectivity index (χ4v) is 2.18. The third-order valence-corrected chi connectivity index (χ3v) is 3.82. The van der Waals surface area contributed by atoms with Gasteiger partial charge in [0.1, 0.15) is 0 Å². The van der Waals surface area contributed by atoms with Gasteiger partial charge in [-0.15, -0.1) is 0 Å². The summed E-state index contributed by atoms with van der Waals surface area (Å²) >= 11 is 0. The summed E-state index contributed by atoms with van der Waals surface area (Å²) in [6.45, 7) is 7.05. The lowest BCUT2D eigenvalue weighted by Gasteiger charge is -2.18. The van der Waals surface area contributed by atoms with Gasteiger partial charge >= 0.3 is 11.9 Å². The predicted octanol–water partition coefficient (Wildman–Crippen LogP) is 3.93. The minimum Gasteiger partial charge on any atom is -0.481 e. The van der Waals surface area contributed by atoms with E-state index in [4.69, 9.17) is 24.1 Å². The van der Waals surface area contributed by atoms with Crippen LogP contribution in [0, 0.1) is 0 Å². The van der Waals surface area contributed by atoms with Crippen LogP contribution in [0.25, 0.3) is 0 Å². The molecule has 7 nitrogen and oxygen atoms in total. The minimum absolute atomic E-state index is 0.0897. The van der Waals surface area contributed by atoms with Crippen molar-refractivity contribution in [1.82, 2.24) is 0 Å². The molecule has 0 atom stereocenters. The molecule has 0 saturated heterocycles. The SMILES string of the molecule is CCCCOC(CCOCCCOC(=O)CCCCC(=O)O)OCCCC. The number of aliphatic carboxylic acids is 1. The number of hydrogen-bond acceptors (Lipinski definition) is 6. The van der Waals surface area contributed by atoms with E-state index < -0.39 is 5.97 Å². The average Bonchev–Trinajstić information content (AvgIpc) is 2.64. The molecule has 0 amide bonds. The molecule has 0 bridgehead atoms. The van der Waals surface area contributed by atoms with Gasteiger partial charge in [0, 0.05) is 45.5 Å². The first-order chi connectivity index (χ1) is 13.1. The molecule has 0 aliphatic heterocycles. The zero-order valence-electron chi connectivity index (χ0n) is 17.1. The van der Waals surface area contributed by atoms with Crippen LogP contribution in [0.4, 0.5) is 0 Å². The average molecular weight is 391 g/mol. The first kappa shape index (κ1) is 25.8. The van der Waals surface area contributed by atoms with Crippen molar-refractivity contribution >= 4 is 11.9 Å². The zero-order chi connectivity index (χ0) is 20.2. The molecule has 27 heavy (non-hydrogen) atoms. The lowest BCUT2D eigenvalue weighted by molar-refractivity contribution is -0.154. The molecular weight excluding hydrogens is 352 g/mol. The molecule has 0 fully saturated rings. The van der Waals surface area contributed by atoms with Crippen LogP contribution in [0.1, 0.15) is 78.1 Å². The van der Waals surface area contributed by atoms with Crippen molar-refractivity contribution in [2.75, 3.05) is 33.0 Å². The highest BCUT2D eigenvalue weighted by molar-refractivity contribution is 5.69. The molecule has 0 saturated carbocycles. The van der Waals surface area contributed by atoms with Crippen molar-refractivity contribution < 1.29 is 33.6 Å². The van der Waals surface area contributed by atoms with Crippen LogP contribution < -0.4 is 0 Å². The molecule has 160 valence electrons. The van der Waals surface area contributed by atoms with E-state index in [0.717, 1.165) is 25.7 Å². The molecule has 0 aliphatic carbocycles. The maximum atomic E-state index is 11.5. The molecule has 0 aromatic rings. The second-order valence-corrected chi connectivity index (χ2v) is 6.45. The van der Waals surface area contributed by atoms with Crippen LogP contribution in [0.5, 0.6) is 0 Å². The predicted molar refractivity (Wildman–Crippen MR) is 103 cm³/mol. The zero-order valence-corrected chi connectivity index (χ0v) is 17.1. The lowest BCUT2D eigenvalue weighted by Crippen LogP contribution is -2.21. The Morgan fingerprint density at radius 2 is 1.41 bits per heavy atom. The second kappa shape index (κ2) is 19.6. The Hall–Kier alpha value is -1.18. The van der Waals surface area contributed by atoms with Gasteiger partial charge in [0.05, 0.1) is 13.2 Å². The number of rotatable bonds is 20. The second-order valence-electron chi connectivity index (χ2n) is 6.45. The number of carbonyl (C=O) groups excluding carboxylic acids is 1. The Balaban J connectivity index is 3.61. The standard InChI is InChI=1S/C20H38O7/c1-3-5-14-26-20(27-15-6-4-2)12-17-24-13-9-16-25-19(23)11-8-7-10-18(21)22/h20H,3-17H2,1-2H3,(H,21,22). The van der Waals surface area contributed by atoms with Gasteiger partial charge in [0.25, 0.3) is 0 Å². The molecule has 0 radical (unpaired) electrons. The number of carboxylic acids is 1. The van der Waals surface area contributed by atoms with Crippen molar-refractivity contribution in [1.29, 1.82) is 0 Å². The van der Waals surface area contributed by atoms with Crippen molar-refractivity contribution in [3.63, 3.8) is 0 Å². The smallest absolute Gasteiger partial charge is 0.305 e. The van der Waals surface area contributed by atoms with Gasteiger partial charge in [0.2, 0.25) is 0 Å².